The smallest absolute Gasteiger partial charge is 0.373 e. The van der Waals surface area contributed by atoms with Gasteiger partial charge in [-0.3, -0.25) is 0 Å². The van der Waals surface area contributed by atoms with Crippen molar-refractivity contribution in [3.63, 3.8) is 0 Å². The van der Waals surface area contributed by atoms with E-state index in [0.717, 1.165) is 16.8 Å². The van der Waals surface area contributed by atoms with Crippen molar-refractivity contribution in [2.75, 3.05) is 4.90 Å². The minimum absolute atomic E-state index is 0.0937. The molecule has 0 radical (unpaired) electrons. The van der Waals surface area contributed by atoms with Crippen LogP contribution in [0.3, 0.4) is 0 Å². The molecule has 3 aromatic rings. The minimum Gasteiger partial charge on any atom is -0.461 e. The maximum absolute atomic E-state index is 13.0. The molecule has 5 nitrogen and oxygen atoms in total. The van der Waals surface area contributed by atoms with Gasteiger partial charge >= 0.3 is 12.1 Å². The van der Waals surface area contributed by atoms with Crippen LogP contribution in [0.25, 0.3) is 10.1 Å². The summed E-state index contributed by atoms with van der Waals surface area (Å²) >= 11 is 1.70. The maximum Gasteiger partial charge on any atom is 0.373 e. The topological polar surface area (TPSA) is 63.7 Å². The van der Waals surface area contributed by atoms with E-state index in [9.17, 15) is 4.79 Å². The molecule has 0 saturated carbocycles. The molecule has 0 aliphatic carbocycles. The molecule has 3 rings (SSSR count). The SMILES string of the molecule is Cc1ccc(N(c2csc3ccccc23)C(C(=O)OC(C)C)C(C)C)cc1.O=C=O. The Labute approximate surface area is 181 Å². The van der Waals surface area contributed by atoms with Crippen LogP contribution in [0.5, 0.6) is 0 Å². The van der Waals surface area contributed by atoms with E-state index >= 15 is 0 Å². The number of ether oxygens (including phenoxy) is 1. The number of aryl methyl sites for hydroxylation is 1. The summed E-state index contributed by atoms with van der Waals surface area (Å²) in [4.78, 5) is 31.4. The van der Waals surface area contributed by atoms with Gasteiger partial charge in [0.25, 0.3) is 0 Å². The summed E-state index contributed by atoms with van der Waals surface area (Å²) in [6.45, 7) is 10.0. The summed E-state index contributed by atoms with van der Waals surface area (Å²) in [7, 11) is 0. The summed E-state index contributed by atoms with van der Waals surface area (Å²) in [6, 6.07) is 16.3. The lowest BCUT2D eigenvalue weighted by molar-refractivity contribution is -0.191. The Morgan fingerprint density at radius 1 is 1.00 bits per heavy atom. The first kappa shape index (κ1) is 23.3. The summed E-state index contributed by atoms with van der Waals surface area (Å²) in [6.07, 6.45) is 0.109. The Morgan fingerprint density at radius 3 is 2.17 bits per heavy atom. The Kier molecular flexibility index (Phi) is 8.34. The molecule has 1 heterocycles. The number of fused-ring (bicyclic) bond motifs is 1. The third-order valence-electron chi connectivity index (χ3n) is 4.54. The Bertz CT molecular complexity index is 1000. The molecule has 1 atom stereocenters. The van der Waals surface area contributed by atoms with Crippen molar-refractivity contribution in [3.8, 4) is 0 Å². The Balaban J connectivity index is 0.00000101. The molecule has 0 amide bonds. The van der Waals surface area contributed by atoms with Gasteiger partial charge in [0.1, 0.15) is 6.04 Å². The number of benzene rings is 2. The van der Waals surface area contributed by atoms with Gasteiger partial charge in [0.2, 0.25) is 0 Å². The largest absolute Gasteiger partial charge is 0.461 e. The molecule has 0 aliphatic rings. The fourth-order valence-corrected chi connectivity index (χ4v) is 4.22. The highest BCUT2D eigenvalue weighted by Crippen LogP contribution is 2.39. The molecule has 2 aromatic carbocycles. The van der Waals surface area contributed by atoms with Gasteiger partial charge in [-0.25, -0.2) is 4.79 Å². The molecule has 0 aliphatic heterocycles. The molecule has 1 unspecified atom stereocenters. The lowest BCUT2D eigenvalue weighted by Crippen LogP contribution is -2.44. The Hall–Kier alpha value is -2.95. The number of thiophene rings is 1. The zero-order valence-corrected chi connectivity index (χ0v) is 18.7. The number of nitrogens with zero attached hydrogens (tertiary/aromatic N) is 1. The molecule has 0 fully saturated rings. The first-order chi connectivity index (χ1) is 14.3. The number of carbonyl (C=O) groups is 1. The second-order valence-corrected chi connectivity index (χ2v) is 8.49. The van der Waals surface area contributed by atoms with E-state index in [-0.39, 0.29) is 24.1 Å². The van der Waals surface area contributed by atoms with Gasteiger partial charge in [-0.1, -0.05) is 49.7 Å². The predicted molar refractivity (Wildman–Crippen MR) is 120 cm³/mol. The van der Waals surface area contributed by atoms with Crippen molar-refractivity contribution >= 4 is 44.9 Å². The number of esters is 1. The van der Waals surface area contributed by atoms with E-state index in [1.807, 2.05) is 26.0 Å². The monoisotopic (exact) mass is 425 g/mol. The van der Waals surface area contributed by atoms with Crippen LogP contribution in [0.15, 0.2) is 53.9 Å². The van der Waals surface area contributed by atoms with E-state index in [2.05, 4.69) is 67.4 Å². The van der Waals surface area contributed by atoms with Crippen LogP contribution in [0.4, 0.5) is 11.4 Å². The van der Waals surface area contributed by atoms with Gasteiger partial charge in [0.05, 0.1) is 11.8 Å². The Morgan fingerprint density at radius 2 is 1.60 bits per heavy atom. The molecule has 158 valence electrons. The average molecular weight is 426 g/mol. The lowest BCUT2D eigenvalue weighted by atomic mass is 10.00. The molecule has 0 bridgehead atoms. The van der Waals surface area contributed by atoms with Crippen LogP contribution >= 0.6 is 11.3 Å². The zero-order chi connectivity index (χ0) is 22.3. The molecule has 0 N–H and O–H groups in total. The van der Waals surface area contributed by atoms with Gasteiger partial charge in [-0.05, 0) is 44.9 Å². The highest BCUT2D eigenvalue weighted by Gasteiger charge is 2.33. The fraction of sp³-hybridized carbons (Fsp3) is 0.333. The number of rotatable bonds is 6. The van der Waals surface area contributed by atoms with Crippen LogP contribution in [-0.2, 0) is 19.1 Å². The molecular weight excluding hydrogens is 398 g/mol. The summed E-state index contributed by atoms with van der Waals surface area (Å²) < 4.78 is 6.85. The molecule has 0 saturated heterocycles. The zero-order valence-electron chi connectivity index (χ0n) is 17.9. The lowest BCUT2D eigenvalue weighted by Gasteiger charge is -2.35. The maximum atomic E-state index is 13.0. The predicted octanol–water partition coefficient (Wildman–Crippen LogP) is 5.74. The van der Waals surface area contributed by atoms with Gasteiger partial charge < -0.3 is 9.64 Å². The number of carbonyl (C=O) groups excluding carboxylic acids is 3. The van der Waals surface area contributed by atoms with Gasteiger partial charge in [-0.2, -0.15) is 9.59 Å². The highest BCUT2D eigenvalue weighted by molar-refractivity contribution is 7.17. The molecule has 30 heavy (non-hydrogen) atoms. The standard InChI is InChI=1S/C23H27NO2S.CO2/c1-15(2)22(23(25)26-16(3)4)24(18-12-10-17(5)11-13-18)20-14-27-21-9-7-6-8-19(20)21;2-1-3/h6-16,22H,1-5H3;. The van der Waals surface area contributed by atoms with Gasteiger partial charge in [0, 0.05) is 21.2 Å². The van der Waals surface area contributed by atoms with E-state index < -0.39 is 6.04 Å². The molecule has 6 heteroatoms. The number of hydrogen-bond donors (Lipinski definition) is 0. The second kappa shape index (κ2) is 10.7. The van der Waals surface area contributed by atoms with Crippen molar-refractivity contribution in [1.29, 1.82) is 0 Å². The van der Waals surface area contributed by atoms with Crippen molar-refractivity contribution in [1.82, 2.24) is 0 Å². The van der Waals surface area contributed by atoms with Crippen molar-refractivity contribution in [3.05, 3.63) is 59.5 Å². The quantitative estimate of drug-likeness (QED) is 0.471. The third-order valence-corrected chi connectivity index (χ3v) is 5.49. The first-order valence-corrected chi connectivity index (χ1v) is 10.7. The third kappa shape index (κ3) is 5.56. The summed E-state index contributed by atoms with van der Waals surface area (Å²) in [5, 5.41) is 3.30. The van der Waals surface area contributed by atoms with Crippen LogP contribution in [0.2, 0.25) is 0 Å². The molecular formula is C24H27NO4S. The summed E-state index contributed by atoms with van der Waals surface area (Å²) in [5.74, 6) is -0.0907. The van der Waals surface area contributed by atoms with E-state index in [1.54, 1.807) is 11.3 Å². The van der Waals surface area contributed by atoms with Gasteiger partial charge in [0.15, 0.2) is 0 Å². The summed E-state index contributed by atoms with van der Waals surface area (Å²) in [5.41, 5.74) is 3.25. The van der Waals surface area contributed by atoms with Crippen LogP contribution in [0, 0.1) is 12.8 Å². The normalized spacial score (nSPS) is 11.6. The number of hydrogen-bond acceptors (Lipinski definition) is 6. The van der Waals surface area contributed by atoms with Crippen LogP contribution < -0.4 is 4.90 Å². The highest BCUT2D eigenvalue weighted by atomic mass is 32.1. The minimum atomic E-state index is -0.395. The van der Waals surface area contributed by atoms with Crippen LogP contribution in [-0.4, -0.2) is 24.3 Å². The first-order valence-electron chi connectivity index (χ1n) is 9.82. The molecule has 1 aromatic heterocycles. The average Bonchev–Trinajstić information content (AvgIpc) is 3.10. The van der Waals surface area contributed by atoms with Crippen LogP contribution in [0.1, 0.15) is 33.3 Å². The fourth-order valence-electron chi connectivity index (χ4n) is 3.28. The van der Waals surface area contributed by atoms with Gasteiger partial charge in [-0.15, -0.1) is 11.3 Å². The van der Waals surface area contributed by atoms with Crippen molar-refractivity contribution < 1.29 is 19.1 Å². The second-order valence-electron chi connectivity index (χ2n) is 7.58. The van der Waals surface area contributed by atoms with E-state index in [0.29, 0.717) is 0 Å². The van der Waals surface area contributed by atoms with E-state index in [1.165, 1.54) is 10.3 Å². The number of anilines is 2. The van der Waals surface area contributed by atoms with E-state index in [4.69, 9.17) is 14.3 Å². The van der Waals surface area contributed by atoms with Crippen molar-refractivity contribution in [2.24, 2.45) is 5.92 Å². The van der Waals surface area contributed by atoms with Crippen molar-refractivity contribution in [2.45, 2.75) is 46.8 Å². The molecule has 0 spiro atoms.